The van der Waals surface area contributed by atoms with Crippen LogP contribution in [0.3, 0.4) is 0 Å². The molecule has 4 aliphatic rings. The van der Waals surface area contributed by atoms with E-state index in [9.17, 15) is 15.0 Å². The Morgan fingerprint density at radius 3 is 2.66 bits per heavy atom. The smallest absolute Gasteiger partial charge is 0.156 e. The van der Waals surface area contributed by atoms with Crippen molar-refractivity contribution in [1.82, 2.24) is 0 Å². The number of allylic oxidation sites excluding steroid dienone is 4. The average Bonchev–Trinajstić information content (AvgIpc) is 3.07. The standard InChI is InChI=1S/C28H34O3S/c1-27-17-24(18-4-8-21(32-2)9-5-18)26-22-11-7-20(30)16-19(22)6-10-23(26)25(27)12-14-28(27,31)13-3-15-29/h3-5,8-9,13,16,23-25,29,31H,6-7,10-12,14-15,17H2,1-2H3/t23-,24+,25-,27-,28-/m0/s1. The topological polar surface area (TPSA) is 57.5 Å². The number of ketones is 1. The van der Waals surface area contributed by atoms with Gasteiger partial charge in [-0.15, -0.1) is 11.8 Å². The van der Waals surface area contributed by atoms with Gasteiger partial charge in [0.2, 0.25) is 0 Å². The lowest BCUT2D eigenvalue weighted by molar-refractivity contribution is -0.114. The van der Waals surface area contributed by atoms with Crippen molar-refractivity contribution in [3.05, 3.63) is 64.8 Å². The molecule has 4 heteroatoms. The third kappa shape index (κ3) is 3.38. The van der Waals surface area contributed by atoms with Crippen LogP contribution in [0.25, 0.3) is 0 Å². The highest BCUT2D eigenvalue weighted by Gasteiger charge is 2.61. The highest BCUT2D eigenvalue weighted by Crippen LogP contribution is 2.67. The first-order valence-electron chi connectivity index (χ1n) is 12.0. The van der Waals surface area contributed by atoms with Gasteiger partial charge in [0.15, 0.2) is 5.78 Å². The Balaban J connectivity index is 1.65. The molecular weight excluding hydrogens is 416 g/mol. The van der Waals surface area contributed by atoms with Gasteiger partial charge in [-0.2, -0.15) is 0 Å². The third-order valence-corrected chi connectivity index (χ3v) is 9.71. The Bertz CT molecular complexity index is 1000. The van der Waals surface area contributed by atoms with E-state index in [0.717, 1.165) is 38.5 Å². The predicted octanol–water partition coefficient (Wildman–Crippen LogP) is 5.59. The van der Waals surface area contributed by atoms with Gasteiger partial charge >= 0.3 is 0 Å². The molecule has 2 N–H and O–H groups in total. The van der Waals surface area contributed by atoms with Crippen molar-refractivity contribution in [2.75, 3.05) is 12.9 Å². The first-order chi connectivity index (χ1) is 15.4. The largest absolute Gasteiger partial charge is 0.392 e. The zero-order valence-corrected chi connectivity index (χ0v) is 20.0. The summed E-state index contributed by atoms with van der Waals surface area (Å²) in [6.45, 7) is 2.25. The molecule has 0 amide bonds. The summed E-state index contributed by atoms with van der Waals surface area (Å²) in [6, 6.07) is 8.97. The van der Waals surface area contributed by atoms with Crippen LogP contribution in [0.2, 0.25) is 0 Å². The molecule has 1 aromatic rings. The molecule has 5 atom stereocenters. The van der Waals surface area contributed by atoms with E-state index in [1.165, 1.54) is 21.6 Å². The number of thioether (sulfide) groups is 1. The number of aliphatic hydroxyl groups is 2. The average molecular weight is 451 g/mol. The SMILES string of the molecule is CSc1ccc([C@H]2C[C@@]3(C)[C@@H](CC[C@@]3(O)C=CCO)[C@@H]3CCC4=CC(=O)CCC4=C32)cc1. The zero-order valence-electron chi connectivity index (χ0n) is 19.1. The molecule has 2 saturated carbocycles. The molecule has 5 rings (SSSR count). The summed E-state index contributed by atoms with van der Waals surface area (Å²) < 4.78 is 0. The van der Waals surface area contributed by atoms with Gasteiger partial charge < -0.3 is 10.2 Å². The van der Waals surface area contributed by atoms with E-state index in [1.54, 1.807) is 23.4 Å². The molecule has 0 radical (unpaired) electrons. The summed E-state index contributed by atoms with van der Waals surface area (Å²) in [5.74, 6) is 1.42. The third-order valence-electron chi connectivity index (χ3n) is 8.97. The van der Waals surface area contributed by atoms with E-state index < -0.39 is 5.60 Å². The first kappa shape index (κ1) is 22.2. The first-order valence-corrected chi connectivity index (χ1v) is 13.2. The van der Waals surface area contributed by atoms with Gasteiger partial charge in [-0.05, 0) is 91.5 Å². The summed E-state index contributed by atoms with van der Waals surface area (Å²) in [4.78, 5) is 13.4. The minimum absolute atomic E-state index is 0.0382. The number of hydrogen-bond acceptors (Lipinski definition) is 4. The lowest BCUT2D eigenvalue weighted by atomic mass is 9.51. The Morgan fingerprint density at radius 2 is 1.94 bits per heavy atom. The quantitative estimate of drug-likeness (QED) is 0.464. The minimum Gasteiger partial charge on any atom is -0.392 e. The normalized spacial score (nSPS) is 36.7. The van der Waals surface area contributed by atoms with Crippen LogP contribution in [0.1, 0.15) is 63.4 Å². The maximum atomic E-state index is 12.2. The molecule has 32 heavy (non-hydrogen) atoms. The monoisotopic (exact) mass is 450 g/mol. The molecule has 0 heterocycles. The fraction of sp³-hybridized carbons (Fsp3) is 0.536. The fourth-order valence-electron chi connectivity index (χ4n) is 7.36. The minimum atomic E-state index is -0.882. The van der Waals surface area contributed by atoms with Crippen molar-refractivity contribution < 1.29 is 15.0 Å². The van der Waals surface area contributed by atoms with Gasteiger partial charge in [0, 0.05) is 22.6 Å². The number of fused-ring (bicyclic) bond motifs is 4. The number of carbonyl (C=O) groups is 1. The second kappa shape index (κ2) is 8.30. The zero-order chi connectivity index (χ0) is 22.5. The fourth-order valence-corrected chi connectivity index (χ4v) is 7.76. The van der Waals surface area contributed by atoms with Crippen molar-refractivity contribution in [2.24, 2.45) is 17.3 Å². The number of carbonyl (C=O) groups excluding carboxylic acids is 1. The highest BCUT2D eigenvalue weighted by molar-refractivity contribution is 7.98. The molecule has 170 valence electrons. The molecule has 0 saturated heterocycles. The van der Waals surface area contributed by atoms with Crippen LogP contribution in [-0.4, -0.2) is 34.5 Å². The summed E-state index contributed by atoms with van der Waals surface area (Å²) in [5, 5.41) is 21.2. The molecule has 0 spiro atoms. The van der Waals surface area contributed by atoms with Gasteiger partial charge in [0.1, 0.15) is 0 Å². The van der Waals surface area contributed by atoms with Crippen molar-refractivity contribution in [1.29, 1.82) is 0 Å². The second-order valence-corrected chi connectivity index (χ2v) is 11.2. The van der Waals surface area contributed by atoms with Crippen LogP contribution in [0.15, 0.2) is 64.1 Å². The van der Waals surface area contributed by atoms with Gasteiger partial charge in [-0.3, -0.25) is 4.79 Å². The van der Waals surface area contributed by atoms with Crippen molar-refractivity contribution in [3.63, 3.8) is 0 Å². The predicted molar refractivity (Wildman–Crippen MR) is 130 cm³/mol. The van der Waals surface area contributed by atoms with Gasteiger partial charge in [-0.25, -0.2) is 0 Å². The number of rotatable bonds is 4. The molecular formula is C28H34O3S. The number of aliphatic hydroxyl groups excluding tert-OH is 1. The van der Waals surface area contributed by atoms with Gasteiger partial charge in [0.25, 0.3) is 0 Å². The summed E-state index contributed by atoms with van der Waals surface area (Å²) >= 11 is 1.76. The Kier molecular flexibility index (Phi) is 5.76. The van der Waals surface area contributed by atoms with Crippen LogP contribution in [0.4, 0.5) is 0 Å². The summed E-state index contributed by atoms with van der Waals surface area (Å²) in [6.07, 6.45) is 13.8. The second-order valence-electron chi connectivity index (χ2n) is 10.3. The maximum absolute atomic E-state index is 12.2. The summed E-state index contributed by atoms with van der Waals surface area (Å²) in [7, 11) is 0. The maximum Gasteiger partial charge on any atom is 0.156 e. The van der Waals surface area contributed by atoms with E-state index in [0.29, 0.717) is 18.3 Å². The molecule has 0 aromatic heterocycles. The molecule has 3 nitrogen and oxygen atoms in total. The number of benzene rings is 1. The van der Waals surface area contributed by atoms with Crippen LogP contribution in [0, 0.1) is 17.3 Å². The van der Waals surface area contributed by atoms with E-state index in [1.807, 2.05) is 12.2 Å². The van der Waals surface area contributed by atoms with Crippen LogP contribution < -0.4 is 0 Å². The molecule has 0 aliphatic heterocycles. The van der Waals surface area contributed by atoms with Crippen molar-refractivity contribution >= 4 is 17.5 Å². The molecule has 4 aliphatic carbocycles. The summed E-state index contributed by atoms with van der Waals surface area (Å²) in [5.41, 5.74) is 4.49. The van der Waals surface area contributed by atoms with Crippen LogP contribution in [0.5, 0.6) is 0 Å². The van der Waals surface area contributed by atoms with E-state index in [-0.39, 0.29) is 23.7 Å². The highest BCUT2D eigenvalue weighted by atomic mass is 32.2. The van der Waals surface area contributed by atoms with Crippen molar-refractivity contribution in [3.8, 4) is 0 Å². The lowest BCUT2D eigenvalue weighted by Gasteiger charge is -2.54. The molecule has 0 unspecified atom stereocenters. The Hall–Kier alpha value is -1.62. The van der Waals surface area contributed by atoms with E-state index in [4.69, 9.17) is 0 Å². The van der Waals surface area contributed by atoms with Gasteiger partial charge in [-0.1, -0.05) is 36.8 Å². The van der Waals surface area contributed by atoms with Crippen molar-refractivity contribution in [2.45, 2.75) is 68.3 Å². The molecule has 1 aromatic carbocycles. The number of hydrogen-bond donors (Lipinski definition) is 2. The molecule has 2 fully saturated rings. The van der Waals surface area contributed by atoms with Gasteiger partial charge in [0.05, 0.1) is 12.2 Å². The van der Waals surface area contributed by atoms with E-state index in [2.05, 4.69) is 37.4 Å². The Morgan fingerprint density at radius 1 is 1.16 bits per heavy atom. The Labute approximate surface area is 195 Å². The van der Waals surface area contributed by atoms with Crippen LogP contribution >= 0.6 is 11.8 Å². The van der Waals surface area contributed by atoms with Crippen LogP contribution in [-0.2, 0) is 4.79 Å². The van der Waals surface area contributed by atoms with E-state index >= 15 is 0 Å². The molecule has 0 bridgehead atoms. The lowest BCUT2D eigenvalue weighted by Crippen LogP contribution is -2.50.